The number of aliphatic imine (C=N–C) groups is 2. The minimum Gasteiger partial charge on any atom is -0.322 e. The molecule has 2 aromatic heterocycles. The van der Waals surface area contributed by atoms with Crippen LogP contribution in [0.4, 0.5) is 20.3 Å². The van der Waals surface area contributed by atoms with Crippen molar-refractivity contribution in [2.45, 2.75) is 6.54 Å². The minimum atomic E-state index is -0.510. The number of rotatable bonds is 6. The topological polar surface area (TPSA) is 62.5 Å². The molecule has 2 aromatic carbocycles. The first kappa shape index (κ1) is 21.0. The lowest BCUT2D eigenvalue weighted by Gasteiger charge is -2.14. The Morgan fingerprint density at radius 2 is 1.72 bits per heavy atom. The van der Waals surface area contributed by atoms with Gasteiger partial charge >= 0.3 is 0 Å². The second-order valence-corrected chi connectivity index (χ2v) is 6.88. The first-order valence-corrected chi connectivity index (χ1v) is 9.82. The fourth-order valence-electron chi connectivity index (χ4n) is 3.13. The normalized spacial score (nSPS) is 11.2. The maximum atomic E-state index is 14.3. The number of halogens is 2. The molecule has 32 heavy (non-hydrogen) atoms. The predicted octanol–water partition coefficient (Wildman–Crippen LogP) is 5.81. The second kappa shape index (κ2) is 9.70. The third-order valence-corrected chi connectivity index (χ3v) is 4.74. The number of hydrogen-bond acceptors (Lipinski definition) is 4. The second-order valence-electron chi connectivity index (χ2n) is 6.88. The van der Waals surface area contributed by atoms with Crippen LogP contribution < -0.4 is 5.32 Å². The van der Waals surface area contributed by atoms with Crippen molar-refractivity contribution in [3.63, 3.8) is 0 Å². The van der Waals surface area contributed by atoms with Crippen molar-refractivity contribution < 1.29 is 8.78 Å². The van der Waals surface area contributed by atoms with Gasteiger partial charge in [0, 0.05) is 24.2 Å². The van der Waals surface area contributed by atoms with Crippen molar-refractivity contribution in [3.8, 4) is 11.1 Å². The lowest BCUT2D eigenvalue weighted by molar-refractivity contribution is 0.626. The molecular weight excluding hydrogens is 408 g/mol. The molecule has 158 valence electrons. The maximum absolute atomic E-state index is 14.3. The average Bonchev–Trinajstić information content (AvgIpc) is 2.83. The predicted molar refractivity (Wildman–Crippen MR) is 123 cm³/mol. The summed E-state index contributed by atoms with van der Waals surface area (Å²) < 4.78 is 27.7. The van der Waals surface area contributed by atoms with Crippen LogP contribution in [-0.2, 0) is 6.54 Å². The van der Waals surface area contributed by atoms with E-state index in [1.807, 2.05) is 24.3 Å². The van der Waals surface area contributed by atoms with Crippen LogP contribution in [0.2, 0.25) is 0 Å². The molecule has 0 aliphatic carbocycles. The molecule has 1 N–H and O–H groups in total. The molecule has 0 aliphatic heterocycles. The van der Waals surface area contributed by atoms with Crippen molar-refractivity contribution in [1.29, 1.82) is 0 Å². The van der Waals surface area contributed by atoms with Crippen molar-refractivity contribution in [2.24, 2.45) is 9.98 Å². The summed E-state index contributed by atoms with van der Waals surface area (Å²) in [4.78, 5) is 17.0. The van der Waals surface area contributed by atoms with E-state index < -0.39 is 5.82 Å². The first-order chi connectivity index (χ1) is 15.6. The Morgan fingerprint density at radius 1 is 0.938 bits per heavy atom. The van der Waals surface area contributed by atoms with Crippen LogP contribution in [0.5, 0.6) is 0 Å². The van der Waals surface area contributed by atoms with Crippen molar-refractivity contribution >= 4 is 24.1 Å². The van der Waals surface area contributed by atoms with Crippen LogP contribution in [0.15, 0.2) is 95.3 Å². The Balaban J connectivity index is 1.79. The van der Waals surface area contributed by atoms with Crippen LogP contribution in [0.3, 0.4) is 0 Å². The molecule has 0 bridgehead atoms. The number of pyridine rings is 2. The van der Waals surface area contributed by atoms with E-state index in [1.54, 1.807) is 30.6 Å². The van der Waals surface area contributed by atoms with Gasteiger partial charge in [-0.15, -0.1) is 0 Å². The van der Waals surface area contributed by atoms with Gasteiger partial charge in [0.15, 0.2) is 11.6 Å². The molecule has 2 heterocycles. The molecule has 0 saturated heterocycles. The van der Waals surface area contributed by atoms with Crippen molar-refractivity contribution in [2.75, 3.05) is 5.32 Å². The highest BCUT2D eigenvalue weighted by molar-refractivity contribution is 6.11. The summed E-state index contributed by atoms with van der Waals surface area (Å²) in [6.45, 7) is 3.96. The molecule has 0 radical (unpaired) electrons. The molecule has 4 rings (SSSR count). The fraction of sp³-hybridized carbons (Fsp3) is 0.0400. The Hall–Kier alpha value is -4.26. The van der Waals surface area contributed by atoms with Crippen LogP contribution in [0.1, 0.15) is 11.1 Å². The molecule has 0 fully saturated rings. The van der Waals surface area contributed by atoms with Crippen LogP contribution in [-0.4, -0.2) is 22.5 Å². The van der Waals surface area contributed by atoms with Gasteiger partial charge in [-0.2, -0.15) is 0 Å². The smallest absolute Gasteiger partial charge is 0.167 e. The molecule has 0 amide bonds. The number of nitrogens with one attached hydrogen (secondary N) is 1. The minimum absolute atomic E-state index is 0.0413. The summed E-state index contributed by atoms with van der Waals surface area (Å²) in [5.74, 6) is -0.411. The maximum Gasteiger partial charge on any atom is 0.167 e. The fourth-order valence-corrected chi connectivity index (χ4v) is 3.13. The Labute approximate surface area is 184 Å². The molecule has 4 aromatic rings. The van der Waals surface area contributed by atoms with Gasteiger partial charge in [-0.3, -0.25) is 15.0 Å². The molecule has 0 spiro atoms. The number of hydrogen-bond donors (Lipinski definition) is 1. The Bertz CT molecular complexity index is 1260. The third-order valence-electron chi connectivity index (χ3n) is 4.74. The zero-order valence-corrected chi connectivity index (χ0v) is 17.0. The zero-order valence-electron chi connectivity index (χ0n) is 17.0. The molecular formula is C25H19F2N5. The number of aromatic nitrogens is 2. The van der Waals surface area contributed by atoms with Crippen LogP contribution in [0, 0.1) is 11.6 Å². The highest BCUT2D eigenvalue weighted by atomic mass is 19.1. The molecule has 0 atom stereocenters. The van der Waals surface area contributed by atoms with E-state index >= 15 is 0 Å². The summed E-state index contributed by atoms with van der Waals surface area (Å²) in [5.41, 5.74) is 3.69. The SMILES string of the molecule is C=Nc1ccc(-c2ccc(F)cc2)cc1C(=NCc1cccnc1)Nc1ncccc1F. The van der Waals surface area contributed by atoms with Gasteiger partial charge in [-0.1, -0.05) is 24.3 Å². The van der Waals surface area contributed by atoms with E-state index in [0.29, 0.717) is 23.6 Å². The van der Waals surface area contributed by atoms with E-state index in [-0.39, 0.29) is 11.6 Å². The first-order valence-electron chi connectivity index (χ1n) is 9.82. The lowest BCUT2D eigenvalue weighted by Crippen LogP contribution is -2.16. The van der Waals surface area contributed by atoms with E-state index in [4.69, 9.17) is 0 Å². The largest absolute Gasteiger partial charge is 0.322 e. The Morgan fingerprint density at radius 3 is 2.44 bits per heavy atom. The van der Waals surface area contributed by atoms with Crippen LogP contribution in [0.25, 0.3) is 11.1 Å². The number of anilines is 1. The number of nitrogens with zero attached hydrogens (tertiary/aromatic N) is 4. The molecule has 7 heteroatoms. The van der Waals surface area contributed by atoms with Gasteiger partial charge in [0.2, 0.25) is 0 Å². The van der Waals surface area contributed by atoms with E-state index in [1.165, 1.54) is 30.5 Å². The van der Waals surface area contributed by atoms with Crippen molar-refractivity contribution in [3.05, 3.63) is 108 Å². The highest BCUT2D eigenvalue weighted by Gasteiger charge is 2.14. The summed E-state index contributed by atoms with van der Waals surface area (Å²) in [6, 6.07) is 18.2. The molecule has 0 saturated carbocycles. The monoisotopic (exact) mass is 427 g/mol. The zero-order chi connectivity index (χ0) is 22.3. The van der Waals surface area contributed by atoms with Gasteiger partial charge < -0.3 is 5.32 Å². The van der Waals surface area contributed by atoms with Gasteiger partial charge in [-0.05, 0) is 65.9 Å². The third kappa shape index (κ3) is 4.89. The van der Waals surface area contributed by atoms with Crippen LogP contribution >= 0.6 is 0 Å². The van der Waals surface area contributed by atoms with Crippen molar-refractivity contribution in [1.82, 2.24) is 9.97 Å². The summed E-state index contributed by atoms with van der Waals surface area (Å²) in [7, 11) is 0. The lowest BCUT2D eigenvalue weighted by atomic mass is 10.0. The molecule has 0 aliphatic rings. The summed E-state index contributed by atoms with van der Waals surface area (Å²) >= 11 is 0. The highest BCUT2D eigenvalue weighted by Crippen LogP contribution is 2.28. The Kier molecular flexibility index (Phi) is 6.36. The van der Waals surface area contributed by atoms with Gasteiger partial charge in [-0.25, -0.2) is 13.8 Å². The quantitative estimate of drug-likeness (QED) is 0.312. The molecule has 5 nitrogen and oxygen atoms in total. The summed E-state index contributed by atoms with van der Waals surface area (Å²) in [5, 5.41) is 2.99. The number of amidine groups is 1. The summed E-state index contributed by atoms with van der Waals surface area (Å²) in [6.07, 6.45) is 4.89. The molecule has 0 unspecified atom stereocenters. The van der Waals surface area contributed by atoms with Gasteiger partial charge in [0.25, 0.3) is 0 Å². The van der Waals surface area contributed by atoms with E-state index in [0.717, 1.165) is 16.7 Å². The van der Waals surface area contributed by atoms with E-state index in [9.17, 15) is 8.78 Å². The average molecular weight is 427 g/mol. The van der Waals surface area contributed by atoms with Gasteiger partial charge in [0.05, 0.1) is 12.2 Å². The number of benzene rings is 2. The van der Waals surface area contributed by atoms with E-state index in [2.05, 4.69) is 32.0 Å². The van der Waals surface area contributed by atoms with Gasteiger partial charge in [0.1, 0.15) is 11.7 Å². The standard InChI is InChI=1S/C25H19F2N5/c1-28-23-11-8-19(18-6-9-20(26)10-7-18)14-21(23)24(31-16-17-4-2-12-29-15-17)32-25-22(27)5-3-13-30-25/h2-15H,1,16H2,(H,30,31,32).